The molecule has 0 aromatic heterocycles. The zero-order valence-electron chi connectivity index (χ0n) is 17.0. The molecule has 2 heterocycles. The molecule has 0 radical (unpaired) electrons. The van der Waals surface area contributed by atoms with E-state index in [2.05, 4.69) is 26.1 Å². The number of amides is 4. The quantitative estimate of drug-likeness (QED) is 0.759. The Kier molecular flexibility index (Phi) is 5.52. The van der Waals surface area contributed by atoms with Crippen LogP contribution in [0, 0.1) is 11.3 Å². The first-order chi connectivity index (χ1) is 12.7. The fraction of sp³-hybridized carbons (Fsp3) is 0.850. The Morgan fingerprint density at radius 3 is 2.56 bits per heavy atom. The van der Waals surface area contributed by atoms with Crippen LogP contribution in [0.2, 0.25) is 0 Å². The maximum Gasteiger partial charge on any atom is 0.325 e. The highest BCUT2D eigenvalue weighted by molar-refractivity contribution is 6.09. The van der Waals surface area contributed by atoms with Crippen LogP contribution in [0.25, 0.3) is 0 Å². The number of morpholine rings is 1. The van der Waals surface area contributed by atoms with Crippen LogP contribution < -0.4 is 5.32 Å². The van der Waals surface area contributed by atoms with Gasteiger partial charge in [-0.1, -0.05) is 27.2 Å². The maximum absolute atomic E-state index is 13.0. The van der Waals surface area contributed by atoms with E-state index in [4.69, 9.17) is 4.74 Å². The number of rotatable bonds is 4. The average molecular weight is 380 g/mol. The first kappa shape index (κ1) is 20.1. The molecule has 1 aliphatic carbocycles. The minimum absolute atomic E-state index is 0.0191. The lowest BCUT2D eigenvalue weighted by atomic mass is 9.65. The van der Waals surface area contributed by atoms with Crippen molar-refractivity contribution in [3.05, 3.63) is 0 Å². The van der Waals surface area contributed by atoms with Crippen LogP contribution in [-0.4, -0.2) is 65.5 Å². The Morgan fingerprint density at radius 2 is 1.96 bits per heavy atom. The topological polar surface area (TPSA) is 79.0 Å². The third kappa shape index (κ3) is 3.84. The Morgan fingerprint density at radius 1 is 1.30 bits per heavy atom. The predicted octanol–water partition coefficient (Wildman–Crippen LogP) is 2.15. The normalized spacial score (nSPS) is 32.1. The van der Waals surface area contributed by atoms with E-state index in [0.29, 0.717) is 38.5 Å². The molecule has 4 amide bonds. The molecule has 1 spiro atoms. The van der Waals surface area contributed by atoms with Gasteiger partial charge in [-0.05, 0) is 43.9 Å². The van der Waals surface area contributed by atoms with Crippen LogP contribution in [0.4, 0.5) is 4.79 Å². The molecule has 0 aromatic carbocycles. The highest BCUT2D eigenvalue weighted by Gasteiger charge is 2.54. The summed E-state index contributed by atoms with van der Waals surface area (Å²) in [6.45, 7) is 9.99. The Balaban J connectivity index is 1.63. The molecule has 7 nitrogen and oxygen atoms in total. The molecule has 3 fully saturated rings. The zero-order valence-corrected chi connectivity index (χ0v) is 17.0. The third-order valence-electron chi connectivity index (χ3n) is 6.99. The first-order valence-corrected chi connectivity index (χ1v) is 10.2. The Labute approximate surface area is 161 Å². The first-order valence-electron chi connectivity index (χ1n) is 10.2. The van der Waals surface area contributed by atoms with Crippen molar-refractivity contribution in [2.75, 3.05) is 26.2 Å². The van der Waals surface area contributed by atoms with Crippen LogP contribution in [0.15, 0.2) is 0 Å². The lowest BCUT2D eigenvalue weighted by molar-refractivity contribution is -0.143. The van der Waals surface area contributed by atoms with Gasteiger partial charge in [0.15, 0.2) is 0 Å². The van der Waals surface area contributed by atoms with Gasteiger partial charge in [0.25, 0.3) is 5.91 Å². The molecule has 1 saturated carbocycles. The van der Waals surface area contributed by atoms with Crippen molar-refractivity contribution in [3.63, 3.8) is 0 Å². The molecular weight excluding hydrogens is 346 g/mol. The number of carbonyl (C=O) groups excluding carboxylic acids is 3. The van der Waals surface area contributed by atoms with Crippen LogP contribution in [0.3, 0.4) is 0 Å². The summed E-state index contributed by atoms with van der Waals surface area (Å²) < 4.78 is 5.45. The van der Waals surface area contributed by atoms with Crippen molar-refractivity contribution in [1.29, 1.82) is 0 Å². The van der Waals surface area contributed by atoms with Crippen molar-refractivity contribution in [2.24, 2.45) is 11.3 Å². The largest absolute Gasteiger partial charge is 0.375 e. The minimum Gasteiger partial charge on any atom is -0.375 e. The van der Waals surface area contributed by atoms with Gasteiger partial charge in [-0.15, -0.1) is 0 Å². The molecule has 1 unspecified atom stereocenters. The van der Waals surface area contributed by atoms with Crippen LogP contribution in [-0.2, 0) is 14.3 Å². The van der Waals surface area contributed by atoms with Crippen molar-refractivity contribution < 1.29 is 19.1 Å². The fourth-order valence-electron chi connectivity index (χ4n) is 4.62. The van der Waals surface area contributed by atoms with E-state index in [-0.39, 0.29) is 29.9 Å². The summed E-state index contributed by atoms with van der Waals surface area (Å²) in [6.07, 6.45) is 4.25. The van der Waals surface area contributed by atoms with Gasteiger partial charge in [-0.2, -0.15) is 0 Å². The summed E-state index contributed by atoms with van der Waals surface area (Å²) in [4.78, 5) is 40.9. The number of urea groups is 1. The van der Waals surface area contributed by atoms with E-state index >= 15 is 0 Å². The molecule has 7 heteroatoms. The average Bonchev–Trinajstić information content (AvgIpc) is 2.86. The van der Waals surface area contributed by atoms with E-state index in [0.717, 1.165) is 24.2 Å². The second kappa shape index (κ2) is 7.41. The van der Waals surface area contributed by atoms with Gasteiger partial charge in [0.05, 0.1) is 12.7 Å². The van der Waals surface area contributed by atoms with E-state index in [1.54, 1.807) is 4.90 Å². The van der Waals surface area contributed by atoms with Crippen molar-refractivity contribution in [1.82, 2.24) is 15.1 Å². The molecule has 0 bridgehead atoms. The predicted molar refractivity (Wildman–Crippen MR) is 101 cm³/mol. The van der Waals surface area contributed by atoms with E-state index in [1.165, 1.54) is 0 Å². The van der Waals surface area contributed by atoms with E-state index in [1.807, 2.05) is 6.92 Å². The molecule has 3 rings (SSSR count). The van der Waals surface area contributed by atoms with Crippen molar-refractivity contribution in [2.45, 2.75) is 71.4 Å². The second-order valence-corrected chi connectivity index (χ2v) is 9.04. The van der Waals surface area contributed by atoms with Gasteiger partial charge >= 0.3 is 6.03 Å². The Hall–Kier alpha value is -1.63. The number of ether oxygens (including phenoxy) is 1. The molecule has 0 aromatic rings. The molecule has 3 aliphatic rings. The standard InChI is InChI=1S/C20H33N3O4/c1-5-19(3,4)15-6-8-20(9-7-15)17(25)23(18(26)21-20)13-16(24)22-10-11-27-14(2)12-22/h14-15H,5-13H2,1-4H3,(H,21,26). The van der Waals surface area contributed by atoms with Crippen LogP contribution in [0.5, 0.6) is 0 Å². The number of hydrogen-bond acceptors (Lipinski definition) is 4. The van der Waals surface area contributed by atoms with Gasteiger partial charge in [0.1, 0.15) is 12.1 Å². The van der Waals surface area contributed by atoms with E-state index < -0.39 is 11.6 Å². The minimum atomic E-state index is -0.810. The lowest BCUT2D eigenvalue weighted by Crippen LogP contribution is -2.52. The number of imide groups is 1. The second-order valence-electron chi connectivity index (χ2n) is 9.04. The highest BCUT2D eigenvalue weighted by Crippen LogP contribution is 2.45. The zero-order chi connectivity index (χ0) is 19.8. The number of nitrogens with one attached hydrogen (secondary N) is 1. The molecule has 2 aliphatic heterocycles. The number of nitrogens with zero attached hydrogens (tertiary/aromatic N) is 2. The lowest BCUT2D eigenvalue weighted by Gasteiger charge is -2.42. The summed E-state index contributed by atoms with van der Waals surface area (Å²) in [5.74, 6) is 0.143. The van der Waals surface area contributed by atoms with Crippen molar-refractivity contribution in [3.8, 4) is 0 Å². The molecule has 27 heavy (non-hydrogen) atoms. The summed E-state index contributed by atoms with van der Waals surface area (Å²) in [7, 11) is 0. The number of hydrogen-bond donors (Lipinski definition) is 1. The van der Waals surface area contributed by atoms with Crippen LogP contribution >= 0.6 is 0 Å². The third-order valence-corrected chi connectivity index (χ3v) is 6.99. The van der Waals surface area contributed by atoms with Gasteiger partial charge in [-0.3, -0.25) is 14.5 Å². The summed E-state index contributed by atoms with van der Waals surface area (Å²) in [5, 5.41) is 2.92. The highest BCUT2D eigenvalue weighted by atomic mass is 16.5. The fourth-order valence-corrected chi connectivity index (χ4v) is 4.62. The molecular formula is C20H33N3O4. The van der Waals surface area contributed by atoms with E-state index in [9.17, 15) is 14.4 Å². The summed E-state index contributed by atoms with van der Waals surface area (Å²) in [5.41, 5.74) is -0.564. The molecule has 1 atom stereocenters. The number of carbonyl (C=O) groups is 3. The Bertz CT molecular complexity index is 610. The van der Waals surface area contributed by atoms with Gasteiger partial charge < -0.3 is 15.0 Å². The van der Waals surface area contributed by atoms with Gasteiger partial charge in [0.2, 0.25) is 5.91 Å². The molecule has 1 N–H and O–H groups in total. The van der Waals surface area contributed by atoms with Crippen molar-refractivity contribution >= 4 is 17.8 Å². The summed E-state index contributed by atoms with van der Waals surface area (Å²) >= 11 is 0. The monoisotopic (exact) mass is 379 g/mol. The van der Waals surface area contributed by atoms with Gasteiger partial charge in [-0.25, -0.2) is 4.79 Å². The molecule has 152 valence electrons. The molecule has 2 saturated heterocycles. The maximum atomic E-state index is 13.0. The summed E-state index contributed by atoms with van der Waals surface area (Å²) in [6, 6.07) is -0.428. The van der Waals surface area contributed by atoms with Crippen LogP contribution in [0.1, 0.15) is 59.8 Å². The van der Waals surface area contributed by atoms with Gasteiger partial charge in [0, 0.05) is 13.1 Å². The smallest absolute Gasteiger partial charge is 0.325 e. The SMILES string of the molecule is CCC(C)(C)C1CCC2(CC1)NC(=O)N(CC(=O)N1CCOC(C)C1)C2=O.